The van der Waals surface area contributed by atoms with Gasteiger partial charge in [-0.1, -0.05) is 65.5 Å². The molecule has 212 valence electrons. The number of quaternary nitrogens is 1. The predicted octanol–water partition coefficient (Wildman–Crippen LogP) is 8.43. The standard InChI is InChI=1S/C34H60NO2/c1-24(2)11-9-12-25(3)29-16-17-30-28-15-14-26-23-27(37-32(36)13-10-22-35(6,7)8)18-20-33(26,4)31(28)19-21-34(29,30)5/h14,24-25,27-31H,9-13,15-23H2,1-8H3/q+1/t25-,27?,28+,29-,30+,31+,33+,34-/m1/s1. The monoisotopic (exact) mass is 514 g/mol. The van der Waals surface area contributed by atoms with Crippen molar-refractivity contribution in [2.75, 3.05) is 27.7 Å². The fourth-order valence-corrected chi connectivity index (χ4v) is 9.70. The average Bonchev–Trinajstić information content (AvgIpc) is 3.15. The van der Waals surface area contributed by atoms with E-state index in [-0.39, 0.29) is 12.1 Å². The number of hydrogen-bond donors (Lipinski definition) is 0. The molecule has 0 aliphatic heterocycles. The molecule has 3 heteroatoms. The van der Waals surface area contributed by atoms with E-state index in [1.807, 2.05) is 0 Å². The molecule has 1 unspecified atom stereocenters. The summed E-state index contributed by atoms with van der Waals surface area (Å²) in [5, 5.41) is 0. The Labute approximate surface area is 229 Å². The van der Waals surface area contributed by atoms with E-state index in [4.69, 9.17) is 4.74 Å². The Morgan fingerprint density at radius 3 is 2.46 bits per heavy atom. The Kier molecular flexibility index (Phi) is 8.94. The maximum Gasteiger partial charge on any atom is 0.306 e. The number of ether oxygens (including phenoxy) is 1. The summed E-state index contributed by atoms with van der Waals surface area (Å²) in [6, 6.07) is 0. The third-order valence-electron chi connectivity index (χ3n) is 11.8. The van der Waals surface area contributed by atoms with Gasteiger partial charge in [0.15, 0.2) is 0 Å². The van der Waals surface area contributed by atoms with Gasteiger partial charge >= 0.3 is 5.97 Å². The zero-order chi connectivity index (χ0) is 27.0. The van der Waals surface area contributed by atoms with Crippen molar-refractivity contribution in [2.24, 2.45) is 46.3 Å². The van der Waals surface area contributed by atoms with Gasteiger partial charge in [-0.05, 0) is 91.3 Å². The van der Waals surface area contributed by atoms with Crippen LogP contribution in [0.1, 0.15) is 118 Å². The molecule has 8 atom stereocenters. The third kappa shape index (κ3) is 6.33. The average molecular weight is 515 g/mol. The lowest BCUT2D eigenvalue weighted by molar-refractivity contribution is -0.870. The van der Waals surface area contributed by atoms with Crippen molar-refractivity contribution in [1.29, 1.82) is 0 Å². The summed E-state index contributed by atoms with van der Waals surface area (Å²) in [6.07, 6.45) is 18.7. The van der Waals surface area contributed by atoms with Gasteiger partial charge in [0, 0.05) is 12.8 Å². The van der Waals surface area contributed by atoms with Gasteiger partial charge in [-0.25, -0.2) is 0 Å². The molecule has 3 saturated carbocycles. The molecule has 0 radical (unpaired) electrons. The second-order valence-corrected chi connectivity index (χ2v) is 15.8. The molecule has 4 rings (SSSR count). The summed E-state index contributed by atoms with van der Waals surface area (Å²) >= 11 is 0. The van der Waals surface area contributed by atoms with Crippen molar-refractivity contribution in [1.82, 2.24) is 0 Å². The Morgan fingerprint density at radius 2 is 1.76 bits per heavy atom. The maximum absolute atomic E-state index is 12.6. The summed E-state index contributed by atoms with van der Waals surface area (Å²) in [4.78, 5) is 12.6. The van der Waals surface area contributed by atoms with Crippen LogP contribution in [0.3, 0.4) is 0 Å². The number of rotatable bonds is 10. The van der Waals surface area contributed by atoms with Crippen LogP contribution in [0.5, 0.6) is 0 Å². The van der Waals surface area contributed by atoms with Crippen molar-refractivity contribution < 1.29 is 14.0 Å². The SMILES string of the molecule is CC(C)CCC[C@@H](C)[C@H]1CC[C@H]2[C@@H]3CC=C4CC(OC(=O)CCC[N+](C)(C)C)CC[C@]4(C)[C@H]3CC[C@]12C. The van der Waals surface area contributed by atoms with Gasteiger partial charge in [0.2, 0.25) is 0 Å². The largest absolute Gasteiger partial charge is 0.462 e. The first-order chi connectivity index (χ1) is 17.3. The molecule has 0 bridgehead atoms. The third-order valence-corrected chi connectivity index (χ3v) is 11.8. The number of allylic oxidation sites excluding steroid dienone is 1. The lowest BCUT2D eigenvalue weighted by atomic mass is 9.47. The Balaban J connectivity index is 1.36. The topological polar surface area (TPSA) is 26.3 Å². The minimum atomic E-state index is 0.0179. The van der Waals surface area contributed by atoms with E-state index in [1.165, 1.54) is 57.8 Å². The first-order valence-electron chi connectivity index (χ1n) is 16.0. The molecule has 4 aliphatic rings. The quantitative estimate of drug-likeness (QED) is 0.166. The number of hydrogen-bond acceptors (Lipinski definition) is 2. The highest BCUT2D eigenvalue weighted by atomic mass is 16.5. The first kappa shape index (κ1) is 29.2. The highest BCUT2D eigenvalue weighted by Gasteiger charge is 2.59. The van der Waals surface area contributed by atoms with E-state index >= 15 is 0 Å². The highest BCUT2D eigenvalue weighted by molar-refractivity contribution is 5.69. The van der Waals surface area contributed by atoms with Crippen LogP contribution >= 0.6 is 0 Å². The van der Waals surface area contributed by atoms with Crippen LogP contribution in [0, 0.1) is 46.3 Å². The lowest BCUT2D eigenvalue weighted by Crippen LogP contribution is -2.51. The van der Waals surface area contributed by atoms with Crippen molar-refractivity contribution in [3.05, 3.63) is 11.6 Å². The van der Waals surface area contributed by atoms with Crippen LogP contribution in [0.15, 0.2) is 11.6 Å². The molecule has 0 heterocycles. The van der Waals surface area contributed by atoms with Crippen molar-refractivity contribution in [3.8, 4) is 0 Å². The fraction of sp³-hybridized carbons (Fsp3) is 0.912. The zero-order valence-corrected chi connectivity index (χ0v) is 25.8. The van der Waals surface area contributed by atoms with Gasteiger partial charge in [-0.3, -0.25) is 4.79 Å². The molecule has 3 nitrogen and oxygen atoms in total. The molecule has 0 aromatic carbocycles. The smallest absolute Gasteiger partial charge is 0.306 e. The number of carbonyl (C=O) groups excluding carboxylic acids is 1. The minimum Gasteiger partial charge on any atom is -0.462 e. The lowest BCUT2D eigenvalue weighted by Gasteiger charge is -2.58. The molecule has 0 N–H and O–H groups in total. The number of nitrogens with zero attached hydrogens (tertiary/aromatic N) is 1. The Bertz CT molecular complexity index is 824. The Morgan fingerprint density at radius 1 is 1.00 bits per heavy atom. The second kappa shape index (κ2) is 11.3. The maximum atomic E-state index is 12.6. The van der Waals surface area contributed by atoms with E-state index in [0.717, 1.165) is 65.8 Å². The molecule has 0 aromatic rings. The van der Waals surface area contributed by atoms with Gasteiger partial charge in [-0.15, -0.1) is 0 Å². The van der Waals surface area contributed by atoms with Crippen molar-refractivity contribution >= 4 is 5.97 Å². The number of carbonyl (C=O) groups is 1. The van der Waals surface area contributed by atoms with Gasteiger partial charge in [-0.2, -0.15) is 0 Å². The summed E-state index contributed by atoms with van der Waals surface area (Å²) in [6.45, 7) is 13.6. The molecule has 3 fully saturated rings. The second-order valence-electron chi connectivity index (χ2n) is 15.8. The molecule has 0 aromatic heterocycles. The normalized spacial score (nSPS) is 38.4. The van der Waals surface area contributed by atoms with Crippen LogP contribution in [0.2, 0.25) is 0 Å². The van der Waals surface area contributed by atoms with E-state index in [9.17, 15) is 4.79 Å². The fourth-order valence-electron chi connectivity index (χ4n) is 9.70. The van der Waals surface area contributed by atoms with E-state index in [1.54, 1.807) is 5.57 Å². The van der Waals surface area contributed by atoms with Gasteiger partial charge in [0.25, 0.3) is 0 Å². The van der Waals surface area contributed by atoms with Crippen LogP contribution in [0.4, 0.5) is 0 Å². The van der Waals surface area contributed by atoms with Crippen LogP contribution in [0.25, 0.3) is 0 Å². The van der Waals surface area contributed by atoms with E-state index in [0.29, 0.717) is 17.3 Å². The van der Waals surface area contributed by atoms with E-state index < -0.39 is 0 Å². The van der Waals surface area contributed by atoms with Gasteiger partial charge in [0.1, 0.15) is 6.10 Å². The zero-order valence-electron chi connectivity index (χ0n) is 25.8. The molecule has 0 amide bonds. The van der Waals surface area contributed by atoms with E-state index in [2.05, 4.69) is 61.8 Å². The summed E-state index contributed by atoms with van der Waals surface area (Å²) < 4.78 is 6.93. The highest BCUT2D eigenvalue weighted by Crippen LogP contribution is 2.67. The predicted molar refractivity (Wildman–Crippen MR) is 155 cm³/mol. The minimum absolute atomic E-state index is 0.0179. The van der Waals surface area contributed by atoms with Crippen LogP contribution < -0.4 is 0 Å². The van der Waals surface area contributed by atoms with Crippen LogP contribution in [-0.2, 0) is 9.53 Å². The summed E-state index contributed by atoms with van der Waals surface area (Å²) in [7, 11) is 6.55. The van der Waals surface area contributed by atoms with Gasteiger partial charge < -0.3 is 9.22 Å². The van der Waals surface area contributed by atoms with Crippen molar-refractivity contribution in [2.45, 2.75) is 124 Å². The summed E-state index contributed by atoms with van der Waals surface area (Å²) in [5.74, 6) is 5.28. The molecular weight excluding hydrogens is 454 g/mol. The number of esters is 1. The number of fused-ring (bicyclic) bond motifs is 5. The molecule has 4 aliphatic carbocycles. The first-order valence-corrected chi connectivity index (χ1v) is 16.0. The molecular formula is C34H60NO2+. The van der Waals surface area contributed by atoms with Crippen molar-refractivity contribution in [3.63, 3.8) is 0 Å². The summed E-state index contributed by atoms with van der Waals surface area (Å²) in [5.41, 5.74) is 2.51. The molecule has 0 spiro atoms. The van der Waals surface area contributed by atoms with Crippen LogP contribution in [-0.4, -0.2) is 44.2 Å². The molecule has 0 saturated heterocycles. The van der Waals surface area contributed by atoms with Gasteiger partial charge in [0.05, 0.1) is 34.1 Å². The Hall–Kier alpha value is -0.830. The molecule has 37 heavy (non-hydrogen) atoms.